The lowest BCUT2D eigenvalue weighted by atomic mass is 9.46. The highest BCUT2D eigenvalue weighted by Gasteiger charge is 2.65. The van der Waals surface area contributed by atoms with Crippen LogP contribution in [0.1, 0.15) is 86.0 Å². The Kier molecular flexibility index (Phi) is 12.8. The molecule has 2 aliphatic heterocycles. The van der Waals surface area contributed by atoms with Gasteiger partial charge in [-0.05, 0) is 85.9 Å². The molecule has 0 amide bonds. The first kappa shape index (κ1) is 41.8. The van der Waals surface area contributed by atoms with Gasteiger partial charge in [0, 0.05) is 11.8 Å². The van der Waals surface area contributed by atoms with Gasteiger partial charge in [0.25, 0.3) is 0 Å². The molecule has 5 fully saturated rings. The average molecular weight is 759 g/mol. The van der Waals surface area contributed by atoms with Crippen LogP contribution in [0.5, 0.6) is 0 Å². The predicted octanol–water partition coefficient (Wildman–Crippen LogP) is -0.0505. The van der Waals surface area contributed by atoms with Crippen LogP contribution in [0.3, 0.4) is 0 Å². The van der Waals surface area contributed by atoms with Crippen molar-refractivity contribution in [3.8, 4) is 0 Å². The summed E-state index contributed by atoms with van der Waals surface area (Å²) in [5.41, 5.74) is 0.176. The molecule has 0 aromatic rings. The van der Waals surface area contributed by atoms with Crippen molar-refractivity contribution in [1.29, 1.82) is 0 Å². The Morgan fingerprint density at radius 2 is 1.36 bits per heavy atom. The summed E-state index contributed by atoms with van der Waals surface area (Å²) in [6.07, 6.45) is -9.27. The quantitative estimate of drug-likeness (QED) is 0.124. The SMILES string of the molecule is CC(C)CC[C@H](O)[C@@H](C)[C@H]1[C@@H](O[C@H]2O[C@@H](CO)[C@H](O)[C@@H](O)[C@@H]2O)C[C@H]2[C@@H]3CC=C4C[C@@H](O)C[C@H](O[C@@H]5O[C@H](CO)[C@@H](O)[C@H](O)[C@@H]5O)[C@@]4(C)[C@H]3CC[C@]12C. The maximum Gasteiger partial charge on any atom is 0.187 e. The van der Waals surface area contributed by atoms with Crippen LogP contribution in [0.25, 0.3) is 0 Å². The van der Waals surface area contributed by atoms with Crippen molar-refractivity contribution >= 4 is 0 Å². The summed E-state index contributed by atoms with van der Waals surface area (Å²) in [4.78, 5) is 0. The smallest absolute Gasteiger partial charge is 0.187 e. The molecule has 6 rings (SSSR count). The molecule has 0 unspecified atom stereocenters. The molecule has 0 aromatic heterocycles. The lowest BCUT2D eigenvalue weighted by Crippen LogP contribution is -2.62. The molecule has 2 saturated heterocycles. The van der Waals surface area contributed by atoms with Crippen molar-refractivity contribution in [1.82, 2.24) is 0 Å². The fourth-order valence-electron chi connectivity index (χ4n) is 11.7. The third-order valence-electron chi connectivity index (χ3n) is 14.7. The molecule has 14 nitrogen and oxygen atoms in total. The third kappa shape index (κ3) is 7.42. The van der Waals surface area contributed by atoms with Crippen molar-refractivity contribution in [2.24, 2.45) is 46.3 Å². The van der Waals surface area contributed by atoms with Gasteiger partial charge in [-0.1, -0.05) is 46.3 Å². The van der Waals surface area contributed by atoms with E-state index in [0.29, 0.717) is 25.2 Å². The van der Waals surface area contributed by atoms with E-state index >= 15 is 0 Å². The largest absolute Gasteiger partial charge is 0.394 e. The van der Waals surface area contributed by atoms with E-state index < -0.39 is 104 Å². The molecule has 4 aliphatic carbocycles. The minimum absolute atomic E-state index is 0.0794. The zero-order valence-corrected chi connectivity index (χ0v) is 31.8. The fraction of sp³-hybridized carbons (Fsp3) is 0.949. The summed E-state index contributed by atoms with van der Waals surface area (Å²) in [6, 6.07) is 0. The van der Waals surface area contributed by atoms with Crippen LogP contribution >= 0.6 is 0 Å². The van der Waals surface area contributed by atoms with Crippen LogP contribution in [0, 0.1) is 46.3 Å². The number of fused-ring (bicyclic) bond motifs is 5. The Morgan fingerprint density at radius 1 is 0.774 bits per heavy atom. The highest BCUT2D eigenvalue weighted by molar-refractivity contribution is 5.28. The highest BCUT2D eigenvalue weighted by atomic mass is 16.7. The zero-order valence-electron chi connectivity index (χ0n) is 31.8. The summed E-state index contributed by atoms with van der Waals surface area (Å²) >= 11 is 0. The number of hydrogen-bond acceptors (Lipinski definition) is 14. The van der Waals surface area contributed by atoms with Crippen LogP contribution in [0.15, 0.2) is 11.6 Å². The summed E-state index contributed by atoms with van der Waals surface area (Å²) in [5, 5.41) is 106. The Morgan fingerprint density at radius 3 is 1.92 bits per heavy atom. The molecule has 2 heterocycles. The van der Waals surface area contributed by atoms with Crippen molar-refractivity contribution < 1.29 is 70.0 Å². The van der Waals surface area contributed by atoms with Gasteiger partial charge < -0.3 is 70.0 Å². The van der Waals surface area contributed by atoms with Gasteiger partial charge in [-0.3, -0.25) is 0 Å². The minimum Gasteiger partial charge on any atom is -0.394 e. The molecule has 0 radical (unpaired) electrons. The molecule has 3 saturated carbocycles. The third-order valence-corrected chi connectivity index (χ3v) is 14.7. The lowest BCUT2D eigenvalue weighted by molar-refractivity contribution is -0.324. The molecule has 0 spiro atoms. The zero-order chi connectivity index (χ0) is 38.7. The second-order valence-electron chi connectivity index (χ2n) is 18.1. The van der Waals surface area contributed by atoms with Gasteiger partial charge in [-0.2, -0.15) is 0 Å². The first-order valence-corrected chi connectivity index (χ1v) is 19.9. The summed E-state index contributed by atoms with van der Waals surface area (Å²) in [6.45, 7) is 9.58. The number of allylic oxidation sites excluding steroid dienone is 1. The number of rotatable bonds is 11. The summed E-state index contributed by atoms with van der Waals surface area (Å²) in [5.74, 6) is 0.371. The molecule has 0 bridgehead atoms. The van der Waals surface area contributed by atoms with Gasteiger partial charge in [0.1, 0.15) is 48.8 Å². The molecule has 21 atom stereocenters. The van der Waals surface area contributed by atoms with Crippen molar-refractivity contribution in [2.75, 3.05) is 13.2 Å². The van der Waals surface area contributed by atoms with E-state index in [0.717, 1.165) is 31.3 Å². The minimum atomic E-state index is -1.59. The van der Waals surface area contributed by atoms with Gasteiger partial charge in [0.05, 0.1) is 37.6 Å². The van der Waals surface area contributed by atoms with Crippen LogP contribution in [0.4, 0.5) is 0 Å². The molecule has 6 aliphatic rings. The van der Waals surface area contributed by atoms with E-state index in [-0.39, 0.29) is 41.4 Å². The van der Waals surface area contributed by atoms with Crippen LogP contribution in [-0.2, 0) is 18.9 Å². The van der Waals surface area contributed by atoms with E-state index in [1.807, 2.05) is 0 Å². The summed E-state index contributed by atoms with van der Waals surface area (Å²) in [7, 11) is 0. The number of aliphatic hydroxyl groups excluding tert-OH is 10. The average Bonchev–Trinajstić information content (AvgIpc) is 3.42. The van der Waals surface area contributed by atoms with Crippen LogP contribution in [0.2, 0.25) is 0 Å². The molecule has 0 aromatic carbocycles. The molecule has 10 N–H and O–H groups in total. The normalized spacial score (nSPS) is 51.2. The van der Waals surface area contributed by atoms with Gasteiger partial charge >= 0.3 is 0 Å². The maximum absolute atomic E-state index is 11.6. The Bertz CT molecular complexity index is 1260. The van der Waals surface area contributed by atoms with Crippen molar-refractivity contribution in [2.45, 2.75) is 172 Å². The molecule has 53 heavy (non-hydrogen) atoms. The predicted molar refractivity (Wildman–Crippen MR) is 188 cm³/mol. The number of hydrogen-bond donors (Lipinski definition) is 10. The summed E-state index contributed by atoms with van der Waals surface area (Å²) < 4.78 is 24.8. The topological polar surface area (TPSA) is 239 Å². The van der Waals surface area contributed by atoms with E-state index in [4.69, 9.17) is 18.9 Å². The maximum atomic E-state index is 11.6. The van der Waals surface area contributed by atoms with Gasteiger partial charge in [0.2, 0.25) is 0 Å². The number of ether oxygens (including phenoxy) is 4. The van der Waals surface area contributed by atoms with E-state index in [9.17, 15) is 51.1 Å². The molecule has 306 valence electrons. The standard InChI is InChI=1S/C39H66O14/c1-17(2)6-9-24(43)18(3)29-25(50-36-34(48)32(46)30(44)26(15-40)51-36)14-23-21-8-7-19-12-20(42)13-28(39(19,5)22(21)10-11-38(23,29)4)53-37-35(49)33(47)31(45)27(16-41)52-37/h7,17-18,20-37,40-49H,6,8-16H2,1-5H3/t18-,20-,21-,22+,23+,24+,25+,26+,27-,28+,29+,30+,31-,32-,33+,34+,35+,36+,37+,38+,39-/m1/s1. The first-order chi connectivity index (χ1) is 25.0. The Labute approximate surface area is 312 Å². The number of aliphatic hydroxyl groups is 10. The second-order valence-corrected chi connectivity index (χ2v) is 18.1. The second kappa shape index (κ2) is 16.2. The van der Waals surface area contributed by atoms with E-state index in [2.05, 4.69) is 40.7 Å². The van der Waals surface area contributed by atoms with Crippen molar-refractivity contribution in [3.63, 3.8) is 0 Å². The van der Waals surface area contributed by atoms with Gasteiger partial charge in [0.15, 0.2) is 12.6 Å². The van der Waals surface area contributed by atoms with Gasteiger partial charge in [-0.25, -0.2) is 0 Å². The Balaban J connectivity index is 1.31. The molecular formula is C39H66O14. The van der Waals surface area contributed by atoms with Crippen LogP contribution < -0.4 is 0 Å². The molecular weight excluding hydrogens is 692 g/mol. The fourth-order valence-corrected chi connectivity index (χ4v) is 11.7. The Hall–Kier alpha value is -0.820. The highest BCUT2D eigenvalue weighted by Crippen LogP contribution is 2.68. The van der Waals surface area contributed by atoms with E-state index in [1.165, 1.54) is 0 Å². The molecule has 14 heteroatoms. The first-order valence-electron chi connectivity index (χ1n) is 19.9. The van der Waals surface area contributed by atoms with Gasteiger partial charge in [-0.15, -0.1) is 0 Å². The van der Waals surface area contributed by atoms with Crippen LogP contribution in [-0.4, -0.2) is 150 Å². The van der Waals surface area contributed by atoms with Crippen molar-refractivity contribution in [3.05, 3.63) is 11.6 Å². The lowest BCUT2D eigenvalue weighted by Gasteiger charge is -2.60. The monoisotopic (exact) mass is 758 g/mol. The van der Waals surface area contributed by atoms with E-state index in [1.54, 1.807) is 0 Å².